The number of aromatic nitrogens is 1. The highest BCUT2D eigenvalue weighted by atomic mass is 32.2. The van der Waals surface area contributed by atoms with Gasteiger partial charge in [0.05, 0.1) is 23.5 Å². The molecule has 112 valence electrons. The molecule has 0 bridgehead atoms. The molecule has 0 aliphatic carbocycles. The monoisotopic (exact) mass is 306 g/mol. The van der Waals surface area contributed by atoms with E-state index in [1.807, 2.05) is 0 Å². The highest BCUT2D eigenvalue weighted by Crippen LogP contribution is 2.22. The van der Waals surface area contributed by atoms with E-state index >= 15 is 0 Å². The van der Waals surface area contributed by atoms with Crippen LogP contribution in [-0.2, 0) is 15.6 Å². The van der Waals surface area contributed by atoms with Crippen LogP contribution in [0.3, 0.4) is 0 Å². The van der Waals surface area contributed by atoms with Crippen molar-refractivity contribution in [1.29, 1.82) is 0 Å². The number of ether oxygens (including phenoxy) is 1. The molecule has 2 rings (SSSR count). The third-order valence-corrected chi connectivity index (χ3v) is 4.80. The number of nitrogens with zero attached hydrogens (tertiary/aromatic N) is 1. The lowest BCUT2D eigenvalue weighted by atomic mass is 10.2. The first-order chi connectivity index (χ1) is 9.81. The molecule has 5 nitrogen and oxygen atoms in total. The molecular weight excluding hydrogens is 288 g/mol. The predicted octanol–water partition coefficient (Wildman–Crippen LogP) is 2.26. The number of hydrogen-bond donors (Lipinski definition) is 1. The molecule has 0 aliphatic rings. The highest BCUT2D eigenvalue weighted by molar-refractivity contribution is 7.90. The van der Waals surface area contributed by atoms with E-state index in [2.05, 4.69) is 4.98 Å². The average molecular weight is 306 g/mol. The SMILES string of the molecule is COc1cc(C)nc(CS(=O)(=O)c2ccc(N)c(C)c2)c1. The summed E-state index contributed by atoms with van der Waals surface area (Å²) in [6, 6.07) is 8.09. The van der Waals surface area contributed by atoms with Crippen LogP contribution in [0.1, 0.15) is 17.0 Å². The Morgan fingerprint density at radius 1 is 1.19 bits per heavy atom. The molecule has 0 aliphatic heterocycles. The zero-order valence-electron chi connectivity index (χ0n) is 12.3. The van der Waals surface area contributed by atoms with Gasteiger partial charge in [-0.2, -0.15) is 0 Å². The molecule has 1 aromatic carbocycles. The minimum atomic E-state index is -3.47. The molecule has 0 saturated carbocycles. The lowest BCUT2D eigenvalue weighted by Gasteiger charge is -2.09. The molecule has 0 unspecified atom stereocenters. The van der Waals surface area contributed by atoms with Gasteiger partial charge in [-0.15, -0.1) is 0 Å². The largest absolute Gasteiger partial charge is 0.497 e. The second-order valence-electron chi connectivity index (χ2n) is 4.92. The Kier molecular flexibility index (Phi) is 4.18. The summed E-state index contributed by atoms with van der Waals surface area (Å²) in [6.45, 7) is 3.58. The lowest BCUT2D eigenvalue weighted by Crippen LogP contribution is -2.08. The summed E-state index contributed by atoms with van der Waals surface area (Å²) < 4.78 is 30.0. The molecule has 2 N–H and O–H groups in total. The minimum absolute atomic E-state index is 0.172. The van der Waals surface area contributed by atoms with Crippen molar-refractivity contribution in [1.82, 2.24) is 4.98 Å². The third kappa shape index (κ3) is 3.52. The number of methoxy groups -OCH3 is 1. The number of anilines is 1. The maximum atomic E-state index is 12.5. The van der Waals surface area contributed by atoms with Gasteiger partial charge >= 0.3 is 0 Å². The summed E-state index contributed by atoms with van der Waals surface area (Å²) in [5.41, 5.74) is 8.21. The fraction of sp³-hybridized carbons (Fsp3) is 0.267. The van der Waals surface area contributed by atoms with Crippen LogP contribution in [0.15, 0.2) is 35.2 Å². The number of nitrogen functional groups attached to an aromatic ring is 1. The summed E-state index contributed by atoms with van der Waals surface area (Å²) in [4.78, 5) is 4.50. The van der Waals surface area contributed by atoms with Crippen molar-refractivity contribution in [3.63, 3.8) is 0 Å². The Balaban J connectivity index is 2.37. The number of benzene rings is 1. The number of sulfone groups is 1. The first-order valence-electron chi connectivity index (χ1n) is 6.42. The molecule has 6 heteroatoms. The second kappa shape index (κ2) is 5.73. The van der Waals surface area contributed by atoms with E-state index in [-0.39, 0.29) is 10.6 Å². The van der Waals surface area contributed by atoms with Gasteiger partial charge in [0.2, 0.25) is 0 Å². The minimum Gasteiger partial charge on any atom is -0.497 e. The number of pyridine rings is 1. The third-order valence-electron chi connectivity index (χ3n) is 3.15. The van der Waals surface area contributed by atoms with Crippen molar-refractivity contribution < 1.29 is 13.2 Å². The zero-order chi connectivity index (χ0) is 15.6. The van der Waals surface area contributed by atoms with Crippen molar-refractivity contribution in [3.05, 3.63) is 47.3 Å². The van der Waals surface area contributed by atoms with Crippen LogP contribution in [0.4, 0.5) is 5.69 Å². The highest BCUT2D eigenvalue weighted by Gasteiger charge is 2.17. The van der Waals surface area contributed by atoms with Crippen molar-refractivity contribution in [2.45, 2.75) is 24.5 Å². The van der Waals surface area contributed by atoms with Crippen LogP contribution >= 0.6 is 0 Å². The average Bonchev–Trinajstić information content (AvgIpc) is 2.40. The summed E-state index contributed by atoms with van der Waals surface area (Å²) in [5.74, 6) is 0.426. The van der Waals surface area contributed by atoms with E-state index in [1.165, 1.54) is 13.2 Å². The number of nitrogens with two attached hydrogens (primary N) is 1. The first kappa shape index (κ1) is 15.3. The maximum absolute atomic E-state index is 12.5. The normalized spacial score (nSPS) is 11.4. The molecule has 2 aromatic rings. The van der Waals surface area contributed by atoms with Gasteiger partial charge in [-0.3, -0.25) is 4.98 Å². The van der Waals surface area contributed by atoms with Crippen molar-refractivity contribution in [2.75, 3.05) is 12.8 Å². The second-order valence-corrected chi connectivity index (χ2v) is 6.91. The summed E-state index contributed by atoms with van der Waals surface area (Å²) in [6.07, 6.45) is 0. The van der Waals surface area contributed by atoms with Gasteiger partial charge in [0.15, 0.2) is 9.84 Å². The molecule has 0 fully saturated rings. The Hall–Kier alpha value is -2.08. The number of aryl methyl sites for hydroxylation is 2. The van der Waals surface area contributed by atoms with Gasteiger partial charge in [-0.25, -0.2) is 8.42 Å². The van der Waals surface area contributed by atoms with Crippen LogP contribution in [0, 0.1) is 13.8 Å². The smallest absolute Gasteiger partial charge is 0.184 e. The summed E-state index contributed by atoms with van der Waals surface area (Å²) in [7, 11) is -1.93. The molecule has 0 amide bonds. The zero-order valence-corrected chi connectivity index (χ0v) is 13.1. The molecule has 1 aromatic heterocycles. The summed E-state index contributed by atoms with van der Waals surface area (Å²) in [5, 5.41) is 0. The Morgan fingerprint density at radius 3 is 2.52 bits per heavy atom. The quantitative estimate of drug-likeness (QED) is 0.876. The van der Waals surface area contributed by atoms with Gasteiger partial charge in [0, 0.05) is 23.5 Å². The standard InChI is InChI=1S/C15H18N2O3S/c1-10-6-14(4-5-15(10)16)21(18,19)9-12-8-13(20-3)7-11(2)17-12/h4-8H,9,16H2,1-3H3. The van der Waals surface area contributed by atoms with E-state index in [9.17, 15) is 8.42 Å². The van der Waals surface area contributed by atoms with Gasteiger partial charge < -0.3 is 10.5 Å². The number of hydrogen-bond acceptors (Lipinski definition) is 5. The van der Waals surface area contributed by atoms with Crippen molar-refractivity contribution in [2.24, 2.45) is 0 Å². The molecule has 0 spiro atoms. The Bertz CT molecular complexity index is 770. The fourth-order valence-electron chi connectivity index (χ4n) is 2.01. The van der Waals surface area contributed by atoms with Gasteiger partial charge in [0.1, 0.15) is 5.75 Å². The Morgan fingerprint density at radius 2 is 1.90 bits per heavy atom. The molecule has 0 radical (unpaired) electrons. The molecule has 0 atom stereocenters. The van der Waals surface area contributed by atoms with Gasteiger partial charge in [-0.1, -0.05) is 0 Å². The molecule has 21 heavy (non-hydrogen) atoms. The topological polar surface area (TPSA) is 82.3 Å². The predicted molar refractivity (Wildman–Crippen MR) is 82.0 cm³/mol. The van der Waals surface area contributed by atoms with Crippen molar-refractivity contribution in [3.8, 4) is 5.75 Å². The van der Waals surface area contributed by atoms with Crippen LogP contribution in [0.2, 0.25) is 0 Å². The fourth-order valence-corrected chi connectivity index (χ4v) is 3.35. The van der Waals surface area contributed by atoms with Crippen LogP contribution < -0.4 is 10.5 Å². The van der Waals surface area contributed by atoms with Gasteiger partial charge in [0.25, 0.3) is 0 Å². The van der Waals surface area contributed by atoms with E-state index in [1.54, 1.807) is 38.1 Å². The van der Waals surface area contributed by atoms with Crippen LogP contribution in [0.25, 0.3) is 0 Å². The maximum Gasteiger partial charge on any atom is 0.184 e. The Labute approximate surface area is 124 Å². The van der Waals surface area contributed by atoms with Crippen LogP contribution in [0.5, 0.6) is 5.75 Å². The van der Waals surface area contributed by atoms with E-state index < -0.39 is 9.84 Å². The van der Waals surface area contributed by atoms with E-state index in [0.717, 1.165) is 5.56 Å². The lowest BCUT2D eigenvalue weighted by molar-refractivity contribution is 0.413. The molecule has 0 saturated heterocycles. The van der Waals surface area contributed by atoms with E-state index in [0.29, 0.717) is 22.8 Å². The molecular formula is C15H18N2O3S. The first-order valence-corrected chi connectivity index (χ1v) is 8.07. The van der Waals surface area contributed by atoms with E-state index in [4.69, 9.17) is 10.5 Å². The van der Waals surface area contributed by atoms with Gasteiger partial charge in [-0.05, 0) is 37.6 Å². The van der Waals surface area contributed by atoms with Crippen LogP contribution in [-0.4, -0.2) is 20.5 Å². The van der Waals surface area contributed by atoms with Crippen molar-refractivity contribution >= 4 is 15.5 Å². The summed E-state index contributed by atoms with van der Waals surface area (Å²) >= 11 is 0. The molecule has 1 heterocycles. The number of rotatable bonds is 4.